The standard InChI is InChI=1S/C13H16N2O3/c16-11(2-1-10-3-7-14-8-4-10)15-9-13(5-6-13)12(17)18/h3-4,7-8H,1-2,5-6,9H2,(H,15,16)(H,17,18). The number of carbonyl (C=O) groups excluding carboxylic acids is 1. The zero-order chi connectivity index (χ0) is 13.0. The van der Waals surface area contributed by atoms with Gasteiger partial charge in [0, 0.05) is 25.4 Å². The van der Waals surface area contributed by atoms with E-state index in [0.29, 0.717) is 25.7 Å². The lowest BCUT2D eigenvalue weighted by Gasteiger charge is -2.10. The number of carboxylic acid groups (broad SMARTS) is 1. The van der Waals surface area contributed by atoms with Crippen molar-refractivity contribution in [1.82, 2.24) is 10.3 Å². The van der Waals surface area contributed by atoms with Gasteiger partial charge in [-0.25, -0.2) is 0 Å². The number of hydrogen-bond donors (Lipinski definition) is 2. The summed E-state index contributed by atoms with van der Waals surface area (Å²) in [5.74, 6) is -0.906. The SMILES string of the molecule is O=C(CCc1ccncc1)NCC1(C(=O)O)CC1. The molecular weight excluding hydrogens is 232 g/mol. The molecule has 96 valence electrons. The number of pyridine rings is 1. The molecule has 2 N–H and O–H groups in total. The first-order chi connectivity index (χ1) is 8.62. The van der Waals surface area contributed by atoms with Crippen molar-refractivity contribution in [2.45, 2.75) is 25.7 Å². The molecule has 0 saturated heterocycles. The van der Waals surface area contributed by atoms with Crippen LogP contribution in [-0.2, 0) is 16.0 Å². The second kappa shape index (κ2) is 5.16. The average Bonchev–Trinajstić information content (AvgIpc) is 3.16. The average molecular weight is 248 g/mol. The van der Waals surface area contributed by atoms with E-state index in [1.807, 2.05) is 12.1 Å². The topological polar surface area (TPSA) is 79.3 Å². The van der Waals surface area contributed by atoms with E-state index in [0.717, 1.165) is 5.56 Å². The van der Waals surface area contributed by atoms with Gasteiger partial charge in [0.25, 0.3) is 0 Å². The van der Waals surface area contributed by atoms with E-state index in [1.165, 1.54) is 0 Å². The van der Waals surface area contributed by atoms with Crippen LogP contribution in [0.25, 0.3) is 0 Å². The fourth-order valence-corrected chi connectivity index (χ4v) is 1.78. The van der Waals surface area contributed by atoms with Gasteiger partial charge in [-0.2, -0.15) is 0 Å². The molecule has 1 aliphatic rings. The van der Waals surface area contributed by atoms with Gasteiger partial charge in [0.2, 0.25) is 5.91 Å². The minimum atomic E-state index is -0.808. The van der Waals surface area contributed by atoms with Crippen molar-refractivity contribution in [2.24, 2.45) is 5.41 Å². The van der Waals surface area contributed by atoms with Crippen molar-refractivity contribution in [3.05, 3.63) is 30.1 Å². The van der Waals surface area contributed by atoms with Crippen LogP contribution in [0.3, 0.4) is 0 Å². The molecular formula is C13H16N2O3. The van der Waals surface area contributed by atoms with Gasteiger partial charge in [0.1, 0.15) is 0 Å². The van der Waals surface area contributed by atoms with Crippen LogP contribution < -0.4 is 5.32 Å². The molecule has 1 amide bonds. The third-order valence-corrected chi connectivity index (χ3v) is 3.32. The summed E-state index contributed by atoms with van der Waals surface area (Å²) < 4.78 is 0. The van der Waals surface area contributed by atoms with Gasteiger partial charge in [-0.15, -0.1) is 0 Å². The number of carbonyl (C=O) groups is 2. The summed E-state index contributed by atoms with van der Waals surface area (Å²) in [6.45, 7) is 0.248. The first-order valence-corrected chi connectivity index (χ1v) is 6.01. The molecule has 0 atom stereocenters. The highest BCUT2D eigenvalue weighted by molar-refractivity contribution is 5.81. The molecule has 2 rings (SSSR count). The van der Waals surface area contributed by atoms with Crippen molar-refractivity contribution in [1.29, 1.82) is 0 Å². The first-order valence-electron chi connectivity index (χ1n) is 6.01. The largest absolute Gasteiger partial charge is 0.481 e. The van der Waals surface area contributed by atoms with Gasteiger partial charge in [0.15, 0.2) is 0 Å². The zero-order valence-electron chi connectivity index (χ0n) is 10.1. The lowest BCUT2D eigenvalue weighted by atomic mass is 10.1. The maximum Gasteiger partial charge on any atom is 0.311 e. The Bertz CT molecular complexity index is 441. The molecule has 0 bridgehead atoms. The fraction of sp³-hybridized carbons (Fsp3) is 0.462. The van der Waals surface area contributed by atoms with Crippen LogP contribution in [0.2, 0.25) is 0 Å². The quantitative estimate of drug-likeness (QED) is 0.787. The molecule has 0 aliphatic heterocycles. The van der Waals surface area contributed by atoms with Crippen LogP contribution in [0.1, 0.15) is 24.8 Å². The van der Waals surface area contributed by atoms with E-state index in [1.54, 1.807) is 12.4 Å². The Kier molecular flexibility index (Phi) is 3.60. The highest BCUT2D eigenvalue weighted by Crippen LogP contribution is 2.45. The van der Waals surface area contributed by atoms with Crippen molar-refractivity contribution >= 4 is 11.9 Å². The van der Waals surface area contributed by atoms with Crippen LogP contribution in [0.4, 0.5) is 0 Å². The summed E-state index contributed by atoms with van der Waals surface area (Å²) in [6.07, 6.45) is 5.72. The van der Waals surface area contributed by atoms with Gasteiger partial charge >= 0.3 is 5.97 Å². The highest BCUT2D eigenvalue weighted by atomic mass is 16.4. The van der Waals surface area contributed by atoms with Crippen LogP contribution in [-0.4, -0.2) is 28.5 Å². The fourth-order valence-electron chi connectivity index (χ4n) is 1.78. The second-order valence-electron chi connectivity index (χ2n) is 4.72. The van der Waals surface area contributed by atoms with Crippen molar-refractivity contribution in [2.75, 3.05) is 6.54 Å². The Morgan fingerprint density at radius 3 is 2.56 bits per heavy atom. The van der Waals surface area contributed by atoms with Gasteiger partial charge < -0.3 is 10.4 Å². The highest BCUT2D eigenvalue weighted by Gasteiger charge is 2.50. The van der Waals surface area contributed by atoms with Gasteiger partial charge in [0.05, 0.1) is 5.41 Å². The van der Waals surface area contributed by atoms with Gasteiger partial charge in [-0.05, 0) is 37.0 Å². The summed E-state index contributed by atoms with van der Waals surface area (Å²) in [5.41, 5.74) is 0.367. The molecule has 1 aliphatic carbocycles. The molecule has 1 saturated carbocycles. The Labute approximate surface area is 105 Å². The van der Waals surface area contributed by atoms with E-state index in [2.05, 4.69) is 10.3 Å². The molecule has 18 heavy (non-hydrogen) atoms. The van der Waals surface area contributed by atoms with Crippen LogP contribution in [0.15, 0.2) is 24.5 Å². The number of nitrogens with one attached hydrogen (secondary N) is 1. The minimum Gasteiger partial charge on any atom is -0.481 e. The van der Waals surface area contributed by atoms with Gasteiger partial charge in [-0.1, -0.05) is 0 Å². The number of aliphatic carboxylic acids is 1. The normalized spacial score (nSPS) is 16.0. The summed E-state index contributed by atoms with van der Waals surface area (Å²) in [7, 11) is 0. The monoisotopic (exact) mass is 248 g/mol. The van der Waals surface area contributed by atoms with Crippen molar-refractivity contribution in [3.8, 4) is 0 Å². The maximum atomic E-state index is 11.6. The third kappa shape index (κ3) is 3.06. The summed E-state index contributed by atoms with van der Waals surface area (Å²) in [5, 5.41) is 11.7. The Morgan fingerprint density at radius 2 is 2.00 bits per heavy atom. The van der Waals surface area contributed by atoms with Crippen molar-refractivity contribution < 1.29 is 14.7 Å². The van der Waals surface area contributed by atoms with Crippen molar-refractivity contribution in [3.63, 3.8) is 0 Å². The van der Waals surface area contributed by atoms with Gasteiger partial charge in [-0.3, -0.25) is 14.6 Å². The molecule has 0 unspecified atom stereocenters. The predicted molar refractivity (Wildman–Crippen MR) is 64.9 cm³/mol. The van der Waals surface area contributed by atoms with E-state index >= 15 is 0 Å². The molecule has 1 fully saturated rings. The lowest BCUT2D eigenvalue weighted by Crippen LogP contribution is -2.34. The van der Waals surface area contributed by atoms with E-state index < -0.39 is 11.4 Å². The number of hydrogen-bond acceptors (Lipinski definition) is 3. The Hall–Kier alpha value is -1.91. The number of nitrogens with zero attached hydrogens (tertiary/aromatic N) is 1. The summed E-state index contributed by atoms with van der Waals surface area (Å²) >= 11 is 0. The molecule has 0 spiro atoms. The van der Waals surface area contributed by atoms with E-state index in [9.17, 15) is 9.59 Å². The number of carboxylic acids is 1. The molecule has 5 nitrogen and oxygen atoms in total. The molecule has 5 heteroatoms. The van der Waals surface area contributed by atoms with E-state index in [-0.39, 0.29) is 12.5 Å². The second-order valence-corrected chi connectivity index (χ2v) is 4.72. The smallest absolute Gasteiger partial charge is 0.311 e. The zero-order valence-corrected chi connectivity index (χ0v) is 10.1. The molecule has 1 aromatic rings. The van der Waals surface area contributed by atoms with Crippen LogP contribution >= 0.6 is 0 Å². The Morgan fingerprint density at radius 1 is 1.33 bits per heavy atom. The lowest BCUT2D eigenvalue weighted by molar-refractivity contribution is -0.143. The number of aryl methyl sites for hydroxylation is 1. The first kappa shape index (κ1) is 12.5. The predicted octanol–water partition coefficient (Wildman–Crippen LogP) is 0.995. The van der Waals surface area contributed by atoms with Crippen LogP contribution in [0.5, 0.6) is 0 Å². The number of amides is 1. The molecule has 0 aromatic carbocycles. The number of aromatic nitrogens is 1. The molecule has 0 radical (unpaired) electrons. The number of rotatable bonds is 6. The maximum absolute atomic E-state index is 11.6. The van der Waals surface area contributed by atoms with E-state index in [4.69, 9.17) is 5.11 Å². The Balaban J connectivity index is 1.72. The minimum absolute atomic E-state index is 0.0978. The third-order valence-electron chi connectivity index (χ3n) is 3.32. The summed E-state index contributed by atoms with van der Waals surface area (Å²) in [6, 6.07) is 3.74. The molecule has 1 aromatic heterocycles. The van der Waals surface area contributed by atoms with Crippen LogP contribution in [0, 0.1) is 5.41 Å². The summed E-state index contributed by atoms with van der Waals surface area (Å²) in [4.78, 5) is 26.4. The molecule has 1 heterocycles.